The molecule has 0 aromatic rings. The van der Waals surface area contributed by atoms with Crippen molar-refractivity contribution >= 4 is 11.9 Å². The van der Waals surface area contributed by atoms with E-state index in [9.17, 15) is 19.8 Å². The molecular weight excluding hydrogens is 754 g/mol. The topological polar surface area (TPSA) is 147 Å². The molecule has 0 radical (unpaired) electrons. The molecule has 1 saturated heterocycles. The number of carboxylic acid groups (broad SMARTS) is 1. The number of esters is 1. The third-order valence-corrected chi connectivity index (χ3v) is 19.8. The van der Waals surface area contributed by atoms with Gasteiger partial charge in [0.1, 0.15) is 6.10 Å². The number of cyclic esters (lactones) is 1. The fraction of sp³-hybridized carbons (Fsp3) is 0.824. The smallest absolute Gasteiger partial charge is 0.553 e. The van der Waals surface area contributed by atoms with Crippen molar-refractivity contribution in [3.05, 3.63) is 43.4 Å². The van der Waals surface area contributed by atoms with Gasteiger partial charge in [-0.3, -0.25) is 4.79 Å². The molecule has 0 aromatic heterocycles. The minimum atomic E-state index is -1.27. The van der Waals surface area contributed by atoms with Crippen molar-refractivity contribution < 1.29 is 77.6 Å². The number of fused-ring (bicyclic) bond motifs is 27. The van der Waals surface area contributed by atoms with Crippen LogP contribution in [-0.2, 0) is 14.3 Å². The number of carbonyl (C=O) groups is 2. The molecule has 9 saturated carbocycles. The summed E-state index contributed by atoms with van der Waals surface area (Å²) in [5.41, 5.74) is 0. The number of carboxylic acids is 1. The van der Waals surface area contributed by atoms with Crippen molar-refractivity contribution in [3.8, 4) is 0 Å². The van der Waals surface area contributed by atoms with Gasteiger partial charge in [0.25, 0.3) is 0 Å². The molecule has 12 aliphatic carbocycles. The van der Waals surface area contributed by atoms with Crippen LogP contribution in [0, 0.1) is 131 Å². The molecule has 0 spiro atoms. The second kappa shape index (κ2) is 19.2. The summed E-state index contributed by atoms with van der Waals surface area (Å²) in [4.78, 5) is 20.4. The molecule has 13 aliphatic rings. The van der Waals surface area contributed by atoms with Gasteiger partial charge >= 0.3 is 43.7 Å². The molecular formula is C51H72Li2O8. The molecule has 23 unspecified atom stereocenters. The maximum atomic E-state index is 11.2. The standard InChI is InChI=1S/C17H26O3.C17H22O2.C14H20O.C3H5O2.2Li/c18-13(3-4-15(19)20)7-11-6-12-8-14(11)17-10-2-1-9(5-10)16(12)17;18-15-4-3-13(19-15)7-11-6-12-8-14(11)17-10-2-1-9(5-10)16(12)17;15-4-3-8-5-11-7-12(8)14-10-2-1-9(6-10)13(11)14;1-2-3(4)5;;/h1-2,9-20H,3-8H2;1-2,9-14,16-17H,3-8H2;1-2,8-15H,3-7H2;1-2H2,(H,4,5);;/q;;;-1;2*+1/p-1. The Balaban J connectivity index is 0.000000119. The van der Waals surface area contributed by atoms with Crippen molar-refractivity contribution in [1.82, 2.24) is 0 Å². The Bertz CT molecular complexity index is 1650. The van der Waals surface area contributed by atoms with Crippen LogP contribution in [0.5, 0.6) is 0 Å². The van der Waals surface area contributed by atoms with Crippen LogP contribution in [0.2, 0.25) is 0 Å². The maximum Gasteiger partial charge on any atom is 1.00 e. The van der Waals surface area contributed by atoms with Gasteiger partial charge in [0.05, 0.1) is 6.10 Å². The van der Waals surface area contributed by atoms with Gasteiger partial charge in [-0.05, 0) is 214 Å². The largest absolute Gasteiger partial charge is 1.00 e. The van der Waals surface area contributed by atoms with Gasteiger partial charge in [-0.15, -0.1) is 6.42 Å². The molecule has 8 nitrogen and oxygen atoms in total. The zero-order valence-corrected chi connectivity index (χ0v) is 37.2. The molecule has 10 heteroatoms. The fourth-order valence-electron chi connectivity index (χ4n) is 18.4. The molecule has 12 bridgehead atoms. The molecule has 13 rings (SSSR count). The van der Waals surface area contributed by atoms with Gasteiger partial charge in [0.15, 0.2) is 6.29 Å². The number of aliphatic carboxylic acids is 1. The number of aliphatic hydroxyl groups excluding tert-OH is 3. The Labute approximate surface area is 389 Å². The zero-order valence-electron chi connectivity index (χ0n) is 37.2. The van der Waals surface area contributed by atoms with Gasteiger partial charge < -0.3 is 42.0 Å². The van der Waals surface area contributed by atoms with Crippen molar-refractivity contribution in [1.29, 1.82) is 0 Å². The van der Waals surface area contributed by atoms with Gasteiger partial charge in [-0.1, -0.05) is 36.5 Å². The molecule has 4 N–H and O–H groups in total. The number of rotatable bonds is 10. The number of aliphatic hydroxyl groups is 4. The second-order valence-corrected chi connectivity index (χ2v) is 22.2. The number of allylic oxidation sites excluding steroid dienone is 6. The Morgan fingerprint density at radius 2 is 1.08 bits per heavy atom. The average Bonchev–Trinajstić information content (AvgIpc) is 4.05. The molecule has 1 heterocycles. The van der Waals surface area contributed by atoms with E-state index in [1.54, 1.807) is 0 Å². The van der Waals surface area contributed by atoms with Crippen LogP contribution < -0.4 is 42.8 Å². The van der Waals surface area contributed by atoms with Crippen LogP contribution >= 0.6 is 0 Å². The van der Waals surface area contributed by atoms with E-state index in [0.29, 0.717) is 31.8 Å². The monoisotopic (exact) mass is 827 g/mol. The van der Waals surface area contributed by atoms with Crippen LogP contribution in [0.15, 0.2) is 36.5 Å². The molecule has 326 valence electrons. The summed E-state index contributed by atoms with van der Waals surface area (Å²) in [6.45, 7) is 3.44. The Hall–Kier alpha value is -0.805. The van der Waals surface area contributed by atoms with Crippen LogP contribution in [0.25, 0.3) is 0 Å². The molecule has 10 fully saturated rings. The van der Waals surface area contributed by atoms with Crippen molar-refractivity contribution in [2.24, 2.45) is 124 Å². The van der Waals surface area contributed by atoms with Crippen LogP contribution in [0.1, 0.15) is 109 Å². The summed E-state index contributed by atoms with van der Waals surface area (Å²) < 4.78 is 5.45. The first-order chi connectivity index (χ1) is 28.6. The Morgan fingerprint density at radius 3 is 1.51 bits per heavy atom. The quantitative estimate of drug-likeness (QED) is 0.0624. The van der Waals surface area contributed by atoms with E-state index in [2.05, 4.69) is 43.4 Å². The minimum Gasteiger partial charge on any atom is -0.553 e. The van der Waals surface area contributed by atoms with E-state index in [4.69, 9.17) is 20.1 Å². The number of hydrogen-bond acceptors (Lipinski definition) is 8. The van der Waals surface area contributed by atoms with Gasteiger partial charge in [-0.2, -0.15) is 0 Å². The summed E-state index contributed by atoms with van der Waals surface area (Å²) in [6.07, 6.45) is 31.9. The van der Waals surface area contributed by atoms with Crippen LogP contribution in [0.4, 0.5) is 0 Å². The van der Waals surface area contributed by atoms with Crippen molar-refractivity contribution in [2.75, 3.05) is 6.61 Å². The molecule has 23 atom stereocenters. The summed E-state index contributed by atoms with van der Waals surface area (Å²) in [5, 5.41) is 46.2. The fourth-order valence-corrected chi connectivity index (χ4v) is 18.4. The van der Waals surface area contributed by atoms with E-state index in [1.807, 2.05) is 0 Å². The zero-order chi connectivity index (χ0) is 40.7. The maximum absolute atomic E-state index is 11.2. The van der Waals surface area contributed by atoms with Crippen LogP contribution in [-0.4, -0.2) is 57.5 Å². The normalized spacial score (nSPS) is 49.0. The summed E-state index contributed by atoms with van der Waals surface area (Å²) in [7, 11) is 0. The first-order valence-electron chi connectivity index (χ1n) is 24.5. The molecule has 0 amide bonds. The number of carbonyl (C=O) groups excluding carboxylic acids is 2. The molecule has 0 aromatic carbocycles. The summed E-state index contributed by atoms with van der Waals surface area (Å²) in [6, 6.07) is 0. The SMILES string of the molecule is O=C1CCC(CC2CC3CC2C2C4C=CC(C4)C32)O1.OC(O)CCC(O)CC1CC2CC1C1C3C=CC(C3)C21.OCCC1CC2CC1C1C3C=CC(C3)C21.[CH2-]CC(=O)[O-].[Li+].[Li+]. The first-order valence-corrected chi connectivity index (χ1v) is 24.5. The molecule has 1 aliphatic heterocycles. The third kappa shape index (κ3) is 8.70. The van der Waals surface area contributed by atoms with Gasteiger partial charge in [-0.25, -0.2) is 0 Å². The van der Waals surface area contributed by atoms with Crippen molar-refractivity contribution in [3.63, 3.8) is 0 Å². The van der Waals surface area contributed by atoms with E-state index < -0.39 is 12.3 Å². The van der Waals surface area contributed by atoms with E-state index in [-0.39, 0.29) is 62.3 Å². The Morgan fingerprint density at radius 1 is 0.656 bits per heavy atom. The summed E-state index contributed by atoms with van der Waals surface area (Å²) in [5.74, 6) is 18.4. The van der Waals surface area contributed by atoms with E-state index in [1.165, 1.54) is 57.8 Å². The molecule has 61 heavy (non-hydrogen) atoms. The van der Waals surface area contributed by atoms with Gasteiger partial charge in [0, 0.05) is 25.4 Å². The summed E-state index contributed by atoms with van der Waals surface area (Å²) >= 11 is 0. The predicted octanol–water partition coefficient (Wildman–Crippen LogP) is 0.531. The van der Waals surface area contributed by atoms with E-state index in [0.717, 1.165) is 144 Å². The number of hydrogen-bond donors (Lipinski definition) is 4. The van der Waals surface area contributed by atoms with E-state index >= 15 is 0 Å². The second-order valence-electron chi connectivity index (χ2n) is 22.2. The average molecular weight is 827 g/mol. The number of ether oxygens (including phenoxy) is 1. The first kappa shape index (κ1) is 46.7. The minimum absolute atomic E-state index is 0. The van der Waals surface area contributed by atoms with Crippen molar-refractivity contribution in [2.45, 2.75) is 128 Å². The Kier molecular flexibility index (Phi) is 14.7. The third-order valence-electron chi connectivity index (χ3n) is 19.8. The van der Waals surface area contributed by atoms with Gasteiger partial charge in [0.2, 0.25) is 0 Å². The predicted molar refractivity (Wildman–Crippen MR) is 221 cm³/mol. The van der Waals surface area contributed by atoms with Crippen LogP contribution in [0.3, 0.4) is 0 Å².